The van der Waals surface area contributed by atoms with Gasteiger partial charge in [-0.25, -0.2) is 0 Å². The number of carbonyl (C=O) groups excluding carboxylic acids is 1. The Hall–Kier alpha value is -3.20. The van der Waals surface area contributed by atoms with Gasteiger partial charge >= 0.3 is 5.91 Å². The number of hydrogen-bond donors (Lipinski definition) is 2. The Bertz CT molecular complexity index is 1060. The molecule has 1 amide bonds. The number of H-pyrrole nitrogens is 1. The minimum atomic E-state index is -0.630. The number of methoxy groups -OCH3 is 1. The third-order valence-corrected chi connectivity index (χ3v) is 4.37. The molecular formula is C19H17BrN4O4. The molecular weight excluding hydrogens is 428 g/mol. The first-order valence-electron chi connectivity index (χ1n) is 8.23. The topological polar surface area (TPSA) is 109 Å². The van der Waals surface area contributed by atoms with Crippen LogP contribution in [0.1, 0.15) is 12.5 Å². The van der Waals surface area contributed by atoms with Gasteiger partial charge in [-0.2, -0.15) is 0 Å². The Labute approximate surface area is 169 Å². The monoisotopic (exact) mass is 444 g/mol. The summed E-state index contributed by atoms with van der Waals surface area (Å²) in [6.45, 7) is 1.39. The van der Waals surface area contributed by atoms with Gasteiger partial charge in [0.15, 0.2) is 12.3 Å². The highest BCUT2D eigenvalue weighted by molar-refractivity contribution is 9.10. The maximum absolute atomic E-state index is 11.9. The van der Waals surface area contributed by atoms with Gasteiger partial charge in [-0.15, -0.1) is 10.2 Å². The normalized spacial score (nSPS) is 11.9. The molecule has 0 aliphatic heterocycles. The Morgan fingerprint density at radius 2 is 1.96 bits per heavy atom. The second kappa shape index (κ2) is 8.66. The maximum atomic E-state index is 11.9. The minimum Gasteiger partial charge on any atom is -0.497 e. The molecule has 0 unspecified atom stereocenters. The van der Waals surface area contributed by atoms with E-state index in [2.05, 4.69) is 36.3 Å². The van der Waals surface area contributed by atoms with Crippen LogP contribution >= 0.6 is 15.9 Å². The number of amides is 1. The third-order valence-electron chi connectivity index (χ3n) is 3.87. The first-order valence-corrected chi connectivity index (χ1v) is 9.03. The van der Waals surface area contributed by atoms with Crippen molar-refractivity contribution in [3.8, 4) is 11.6 Å². The number of hydrogen-bond acceptors (Lipinski definition) is 6. The SMILES string of the molecule is COc1ccc(/C(C)=N\OCC(=O)N=Nc2c(O)[nH]c3ccc(Br)cc23)cc1. The smallest absolute Gasteiger partial charge is 0.304 e. The zero-order valence-corrected chi connectivity index (χ0v) is 16.7. The molecule has 0 aliphatic rings. The summed E-state index contributed by atoms with van der Waals surface area (Å²) in [5.74, 6) is -0.0606. The number of rotatable bonds is 6. The zero-order valence-electron chi connectivity index (χ0n) is 15.1. The van der Waals surface area contributed by atoms with Gasteiger partial charge < -0.3 is 19.7 Å². The lowest BCUT2D eigenvalue weighted by Crippen LogP contribution is -2.04. The Morgan fingerprint density at radius 1 is 1.21 bits per heavy atom. The number of nitrogens with zero attached hydrogens (tertiary/aromatic N) is 3. The van der Waals surface area contributed by atoms with E-state index in [0.29, 0.717) is 16.6 Å². The molecule has 0 atom stereocenters. The van der Waals surface area contributed by atoms with Crippen LogP contribution in [0.15, 0.2) is 62.3 Å². The summed E-state index contributed by atoms with van der Waals surface area (Å²) in [7, 11) is 1.59. The van der Waals surface area contributed by atoms with Gasteiger partial charge in [0.25, 0.3) is 0 Å². The van der Waals surface area contributed by atoms with E-state index in [1.807, 2.05) is 18.2 Å². The summed E-state index contributed by atoms with van der Waals surface area (Å²) in [6, 6.07) is 12.6. The van der Waals surface area contributed by atoms with E-state index in [-0.39, 0.29) is 18.2 Å². The molecule has 28 heavy (non-hydrogen) atoms. The van der Waals surface area contributed by atoms with Crippen molar-refractivity contribution in [1.82, 2.24) is 4.98 Å². The molecule has 2 aromatic carbocycles. The van der Waals surface area contributed by atoms with Crippen LogP contribution in [0.25, 0.3) is 10.9 Å². The van der Waals surface area contributed by atoms with Gasteiger partial charge in [-0.05, 0) is 55.0 Å². The standard InChI is InChI=1S/C19H17BrN4O4/c1-11(12-3-6-14(27-2)7-4-12)24-28-10-17(25)22-23-18-15-9-13(20)5-8-16(15)21-19(18)26/h3-9,21,26H,10H2,1-2H3/b23-22?,24-11-. The number of aromatic hydroxyl groups is 1. The van der Waals surface area contributed by atoms with Gasteiger partial charge in [0.2, 0.25) is 5.88 Å². The molecule has 0 bridgehead atoms. The lowest BCUT2D eigenvalue weighted by Gasteiger charge is -2.03. The van der Waals surface area contributed by atoms with E-state index < -0.39 is 5.91 Å². The highest BCUT2D eigenvalue weighted by Gasteiger charge is 2.11. The molecule has 3 aromatic rings. The van der Waals surface area contributed by atoms with Crippen LogP contribution in [0.5, 0.6) is 11.6 Å². The summed E-state index contributed by atoms with van der Waals surface area (Å²) < 4.78 is 5.91. The molecule has 2 N–H and O–H groups in total. The first-order chi connectivity index (χ1) is 13.5. The molecule has 0 saturated carbocycles. The number of ether oxygens (including phenoxy) is 1. The third kappa shape index (κ3) is 4.55. The van der Waals surface area contributed by atoms with Gasteiger partial charge in [-0.3, -0.25) is 4.79 Å². The summed E-state index contributed by atoms with van der Waals surface area (Å²) in [6.07, 6.45) is 0. The summed E-state index contributed by atoms with van der Waals surface area (Å²) >= 11 is 3.35. The predicted octanol–water partition coefficient (Wildman–Crippen LogP) is 4.70. The van der Waals surface area contributed by atoms with Gasteiger partial charge in [0.05, 0.1) is 18.3 Å². The number of halogens is 1. The van der Waals surface area contributed by atoms with E-state index in [9.17, 15) is 9.90 Å². The van der Waals surface area contributed by atoms with Gasteiger partial charge in [-0.1, -0.05) is 21.1 Å². The predicted molar refractivity (Wildman–Crippen MR) is 108 cm³/mol. The van der Waals surface area contributed by atoms with Crippen LogP contribution in [-0.4, -0.2) is 35.4 Å². The van der Waals surface area contributed by atoms with Crippen molar-refractivity contribution in [1.29, 1.82) is 0 Å². The van der Waals surface area contributed by atoms with Crippen molar-refractivity contribution in [3.05, 3.63) is 52.5 Å². The lowest BCUT2D eigenvalue weighted by molar-refractivity contribution is -0.122. The largest absolute Gasteiger partial charge is 0.497 e. The number of azo groups is 1. The van der Waals surface area contributed by atoms with E-state index in [1.54, 1.807) is 38.3 Å². The summed E-state index contributed by atoms with van der Waals surface area (Å²) in [4.78, 5) is 19.7. The van der Waals surface area contributed by atoms with Crippen LogP contribution in [0.4, 0.5) is 5.69 Å². The lowest BCUT2D eigenvalue weighted by atomic mass is 10.1. The number of aromatic nitrogens is 1. The average molecular weight is 445 g/mol. The number of benzene rings is 2. The number of aromatic amines is 1. The van der Waals surface area contributed by atoms with Crippen LogP contribution in [0.3, 0.4) is 0 Å². The van der Waals surface area contributed by atoms with Crippen LogP contribution in [0.2, 0.25) is 0 Å². The second-order valence-electron chi connectivity index (χ2n) is 5.78. The van der Waals surface area contributed by atoms with Crippen molar-refractivity contribution in [2.24, 2.45) is 15.4 Å². The van der Waals surface area contributed by atoms with Crippen molar-refractivity contribution in [3.63, 3.8) is 0 Å². The fourth-order valence-electron chi connectivity index (χ4n) is 2.44. The molecule has 0 fully saturated rings. The van der Waals surface area contributed by atoms with E-state index in [4.69, 9.17) is 9.57 Å². The second-order valence-corrected chi connectivity index (χ2v) is 6.70. The van der Waals surface area contributed by atoms with Crippen molar-refractivity contribution >= 4 is 44.1 Å². The number of oxime groups is 1. The number of fused-ring (bicyclic) bond motifs is 1. The van der Waals surface area contributed by atoms with E-state index >= 15 is 0 Å². The molecule has 144 valence electrons. The van der Waals surface area contributed by atoms with Gasteiger partial charge in [0, 0.05) is 9.86 Å². The average Bonchev–Trinajstić information content (AvgIpc) is 3.00. The van der Waals surface area contributed by atoms with Gasteiger partial charge in [0.1, 0.15) is 5.75 Å². The Kier molecular flexibility index (Phi) is 6.05. The molecule has 1 heterocycles. The molecule has 0 spiro atoms. The molecule has 0 aliphatic carbocycles. The molecule has 3 rings (SSSR count). The molecule has 8 nitrogen and oxygen atoms in total. The number of nitrogens with one attached hydrogen (secondary N) is 1. The maximum Gasteiger partial charge on any atom is 0.304 e. The molecule has 9 heteroatoms. The minimum absolute atomic E-state index is 0.168. The molecule has 0 radical (unpaired) electrons. The quantitative estimate of drug-likeness (QED) is 0.326. The Balaban J connectivity index is 1.62. The highest BCUT2D eigenvalue weighted by Crippen LogP contribution is 2.36. The number of carbonyl (C=O) groups is 1. The van der Waals surface area contributed by atoms with E-state index in [0.717, 1.165) is 15.8 Å². The zero-order chi connectivity index (χ0) is 20.1. The van der Waals surface area contributed by atoms with Crippen molar-refractivity contribution in [2.75, 3.05) is 13.7 Å². The fraction of sp³-hybridized carbons (Fsp3) is 0.158. The van der Waals surface area contributed by atoms with Crippen LogP contribution in [0, 0.1) is 0 Å². The van der Waals surface area contributed by atoms with Crippen molar-refractivity contribution < 1.29 is 19.5 Å². The first kappa shape index (κ1) is 19.6. The Morgan fingerprint density at radius 3 is 2.68 bits per heavy atom. The van der Waals surface area contributed by atoms with E-state index in [1.165, 1.54) is 0 Å². The molecule has 0 saturated heterocycles. The van der Waals surface area contributed by atoms with Crippen LogP contribution < -0.4 is 4.74 Å². The highest BCUT2D eigenvalue weighted by atomic mass is 79.9. The van der Waals surface area contributed by atoms with Crippen molar-refractivity contribution in [2.45, 2.75) is 6.92 Å². The molecule has 1 aromatic heterocycles. The summed E-state index contributed by atoms with van der Waals surface area (Å²) in [5.41, 5.74) is 2.30. The fourth-order valence-corrected chi connectivity index (χ4v) is 2.80. The van der Waals surface area contributed by atoms with Crippen LogP contribution in [-0.2, 0) is 9.63 Å². The summed E-state index contributed by atoms with van der Waals surface area (Å²) in [5, 5.41) is 21.9.